The normalized spacial score (nSPS) is 22.3. The maximum absolute atomic E-state index is 12.2. The summed E-state index contributed by atoms with van der Waals surface area (Å²) in [4.78, 5) is 21.0. The maximum Gasteiger partial charge on any atom is 0.222 e. The molecule has 4 heteroatoms. The molecule has 0 saturated carbocycles. The largest absolute Gasteiger partial charge is 0.340 e. The topological polar surface area (TPSA) is 36.4 Å². The van der Waals surface area contributed by atoms with Gasteiger partial charge in [-0.05, 0) is 37.3 Å². The smallest absolute Gasteiger partial charge is 0.222 e. The van der Waals surface area contributed by atoms with Gasteiger partial charge < -0.3 is 4.90 Å². The second kappa shape index (κ2) is 7.03. The zero-order valence-corrected chi connectivity index (χ0v) is 12.7. The van der Waals surface area contributed by atoms with Crippen molar-refractivity contribution in [2.75, 3.05) is 19.6 Å². The van der Waals surface area contributed by atoms with Crippen molar-refractivity contribution < 1.29 is 4.79 Å². The summed E-state index contributed by atoms with van der Waals surface area (Å²) < 4.78 is 0. The Labute approximate surface area is 127 Å². The van der Waals surface area contributed by atoms with E-state index < -0.39 is 0 Å². The molecule has 3 heterocycles. The van der Waals surface area contributed by atoms with E-state index in [0.29, 0.717) is 11.9 Å². The number of pyridine rings is 1. The predicted octanol–water partition coefficient (Wildman–Crippen LogP) is 2.45. The minimum atomic E-state index is 0.387. The summed E-state index contributed by atoms with van der Waals surface area (Å²) in [7, 11) is 0. The van der Waals surface area contributed by atoms with Crippen LogP contribution in [0.3, 0.4) is 0 Å². The molecule has 0 aromatic carbocycles. The first kappa shape index (κ1) is 14.5. The van der Waals surface area contributed by atoms with Crippen LogP contribution in [-0.4, -0.2) is 46.4 Å². The molecule has 0 radical (unpaired) electrons. The van der Waals surface area contributed by atoms with Gasteiger partial charge in [0.05, 0.1) is 0 Å². The fourth-order valence-electron chi connectivity index (χ4n) is 3.53. The number of hydrogen-bond acceptors (Lipinski definition) is 3. The summed E-state index contributed by atoms with van der Waals surface area (Å²) in [6.07, 6.45) is 10.2. The summed E-state index contributed by atoms with van der Waals surface area (Å²) in [5, 5.41) is 0. The number of hydrogen-bond donors (Lipinski definition) is 0. The monoisotopic (exact) mass is 287 g/mol. The molecule has 1 aromatic rings. The Balaban J connectivity index is 1.51. The molecular formula is C17H25N3O. The first-order valence-electron chi connectivity index (χ1n) is 8.23. The van der Waals surface area contributed by atoms with Gasteiger partial charge in [0.25, 0.3) is 0 Å². The lowest BCUT2D eigenvalue weighted by Gasteiger charge is -2.38. The number of piperidine rings is 1. The molecule has 1 amide bonds. The van der Waals surface area contributed by atoms with Gasteiger partial charge in [-0.1, -0.05) is 12.5 Å². The summed E-state index contributed by atoms with van der Waals surface area (Å²) in [6.45, 7) is 4.13. The van der Waals surface area contributed by atoms with Crippen molar-refractivity contribution in [3.63, 3.8) is 0 Å². The molecule has 21 heavy (non-hydrogen) atoms. The van der Waals surface area contributed by atoms with Crippen molar-refractivity contribution in [1.29, 1.82) is 0 Å². The van der Waals surface area contributed by atoms with E-state index in [0.717, 1.165) is 51.9 Å². The highest BCUT2D eigenvalue weighted by atomic mass is 16.2. The van der Waals surface area contributed by atoms with E-state index >= 15 is 0 Å². The number of carbonyl (C=O) groups is 1. The second-order valence-electron chi connectivity index (χ2n) is 6.27. The Kier molecular flexibility index (Phi) is 4.86. The van der Waals surface area contributed by atoms with Crippen molar-refractivity contribution in [2.45, 2.75) is 51.1 Å². The zero-order valence-electron chi connectivity index (χ0n) is 12.7. The molecule has 1 aromatic heterocycles. The summed E-state index contributed by atoms with van der Waals surface area (Å²) >= 11 is 0. The average molecular weight is 287 g/mol. The minimum Gasteiger partial charge on any atom is -0.340 e. The number of rotatable bonds is 3. The third kappa shape index (κ3) is 3.82. The zero-order chi connectivity index (χ0) is 14.5. The molecule has 2 aliphatic rings. The summed E-state index contributed by atoms with van der Waals surface area (Å²) in [6, 6.07) is 4.61. The molecule has 2 aliphatic heterocycles. The van der Waals surface area contributed by atoms with Crippen molar-refractivity contribution in [3.05, 3.63) is 30.1 Å². The number of amides is 1. The molecule has 0 unspecified atom stereocenters. The van der Waals surface area contributed by atoms with Crippen LogP contribution in [0.1, 0.15) is 44.1 Å². The SMILES string of the molecule is O=C1CCCCCN1C1CCN(Cc2cccnc2)CC1. The van der Waals surface area contributed by atoms with Gasteiger partial charge in [0.1, 0.15) is 0 Å². The third-order valence-electron chi connectivity index (χ3n) is 4.74. The predicted molar refractivity (Wildman–Crippen MR) is 82.7 cm³/mol. The van der Waals surface area contributed by atoms with Crippen molar-refractivity contribution in [1.82, 2.24) is 14.8 Å². The molecule has 0 atom stereocenters. The number of carbonyl (C=O) groups excluding carboxylic acids is 1. The summed E-state index contributed by atoms with van der Waals surface area (Å²) in [5.74, 6) is 0.387. The number of likely N-dealkylation sites (tertiary alicyclic amines) is 2. The maximum atomic E-state index is 12.2. The van der Waals surface area contributed by atoms with Gasteiger partial charge in [-0.2, -0.15) is 0 Å². The molecule has 114 valence electrons. The molecule has 0 aliphatic carbocycles. The van der Waals surface area contributed by atoms with E-state index in [1.165, 1.54) is 18.4 Å². The highest BCUT2D eigenvalue weighted by molar-refractivity contribution is 5.76. The standard InChI is InChI=1S/C17H25N3O/c21-17-6-2-1-3-10-20(17)16-7-11-19(12-8-16)14-15-5-4-9-18-13-15/h4-5,9,13,16H,1-3,6-8,10-12,14H2. The molecule has 0 bridgehead atoms. The molecule has 0 N–H and O–H groups in total. The van der Waals surface area contributed by atoms with Crippen molar-refractivity contribution >= 4 is 5.91 Å². The van der Waals surface area contributed by atoms with Crippen molar-refractivity contribution in [3.8, 4) is 0 Å². The van der Waals surface area contributed by atoms with Gasteiger partial charge in [0.15, 0.2) is 0 Å². The van der Waals surface area contributed by atoms with E-state index in [1.54, 1.807) is 0 Å². The van der Waals surface area contributed by atoms with Crippen LogP contribution < -0.4 is 0 Å². The van der Waals surface area contributed by atoms with Gasteiger partial charge in [-0.25, -0.2) is 0 Å². The van der Waals surface area contributed by atoms with E-state index in [2.05, 4.69) is 20.9 Å². The van der Waals surface area contributed by atoms with Crippen LogP contribution in [0.2, 0.25) is 0 Å². The average Bonchev–Trinajstić information content (AvgIpc) is 2.74. The fourth-order valence-corrected chi connectivity index (χ4v) is 3.53. The van der Waals surface area contributed by atoms with Crippen LogP contribution in [-0.2, 0) is 11.3 Å². The van der Waals surface area contributed by atoms with Crippen LogP contribution >= 0.6 is 0 Å². The van der Waals surface area contributed by atoms with Crippen LogP contribution in [0.5, 0.6) is 0 Å². The highest BCUT2D eigenvalue weighted by Crippen LogP contribution is 2.22. The molecular weight excluding hydrogens is 262 g/mol. The Bertz CT molecular complexity index is 454. The molecule has 2 fully saturated rings. The minimum absolute atomic E-state index is 0.387. The Morgan fingerprint density at radius 1 is 1.14 bits per heavy atom. The van der Waals surface area contributed by atoms with Gasteiger partial charge in [0.2, 0.25) is 5.91 Å². The van der Waals surface area contributed by atoms with Gasteiger partial charge in [-0.15, -0.1) is 0 Å². The van der Waals surface area contributed by atoms with Crippen LogP contribution in [0.25, 0.3) is 0 Å². The van der Waals surface area contributed by atoms with Crippen LogP contribution in [0.4, 0.5) is 0 Å². The first-order chi connectivity index (χ1) is 10.3. The highest BCUT2D eigenvalue weighted by Gasteiger charge is 2.28. The van der Waals surface area contributed by atoms with E-state index in [1.807, 2.05) is 18.5 Å². The summed E-state index contributed by atoms with van der Waals surface area (Å²) in [5.41, 5.74) is 1.28. The lowest BCUT2D eigenvalue weighted by molar-refractivity contribution is -0.133. The Hall–Kier alpha value is -1.42. The van der Waals surface area contributed by atoms with Gasteiger partial charge >= 0.3 is 0 Å². The third-order valence-corrected chi connectivity index (χ3v) is 4.74. The van der Waals surface area contributed by atoms with E-state index in [9.17, 15) is 4.79 Å². The Morgan fingerprint density at radius 3 is 2.76 bits per heavy atom. The van der Waals surface area contributed by atoms with Gasteiger partial charge in [-0.3, -0.25) is 14.7 Å². The van der Waals surface area contributed by atoms with Crippen LogP contribution in [0, 0.1) is 0 Å². The fraction of sp³-hybridized carbons (Fsp3) is 0.647. The Morgan fingerprint density at radius 2 is 2.00 bits per heavy atom. The van der Waals surface area contributed by atoms with E-state index in [4.69, 9.17) is 0 Å². The molecule has 2 saturated heterocycles. The molecule has 3 rings (SSSR count). The second-order valence-corrected chi connectivity index (χ2v) is 6.27. The first-order valence-corrected chi connectivity index (χ1v) is 8.23. The number of aromatic nitrogens is 1. The van der Waals surface area contributed by atoms with Gasteiger partial charge in [0, 0.05) is 51.0 Å². The van der Waals surface area contributed by atoms with Crippen molar-refractivity contribution in [2.24, 2.45) is 0 Å². The molecule has 0 spiro atoms. The van der Waals surface area contributed by atoms with Crippen LogP contribution in [0.15, 0.2) is 24.5 Å². The number of nitrogens with zero attached hydrogens (tertiary/aromatic N) is 3. The lowest BCUT2D eigenvalue weighted by Crippen LogP contribution is -2.47. The van der Waals surface area contributed by atoms with E-state index in [-0.39, 0.29) is 0 Å². The quantitative estimate of drug-likeness (QED) is 0.857. The molecule has 4 nitrogen and oxygen atoms in total. The lowest BCUT2D eigenvalue weighted by atomic mass is 10.0.